The Morgan fingerprint density at radius 2 is 2.06 bits per heavy atom. The van der Waals surface area contributed by atoms with Crippen molar-refractivity contribution in [3.63, 3.8) is 0 Å². The van der Waals surface area contributed by atoms with Gasteiger partial charge in [0.05, 0.1) is 23.7 Å². The summed E-state index contributed by atoms with van der Waals surface area (Å²) in [6.45, 7) is 3.17. The van der Waals surface area contributed by atoms with Gasteiger partial charge in [0.2, 0.25) is 0 Å². The van der Waals surface area contributed by atoms with Gasteiger partial charge in [0.1, 0.15) is 0 Å². The molecule has 0 aliphatic carbocycles. The Hall–Kier alpha value is -1.13. The third kappa shape index (κ3) is 4.63. The number of pyridine rings is 1. The minimum Gasteiger partial charge on any atom is -0.396 e. The molecule has 102 valence electrons. The number of rotatable bonds is 8. The average molecular weight is 252 g/mol. The molecular formula is C14H24N2O2. The van der Waals surface area contributed by atoms with E-state index in [9.17, 15) is 5.11 Å². The zero-order chi connectivity index (χ0) is 13.4. The van der Waals surface area contributed by atoms with Crippen LogP contribution >= 0.6 is 0 Å². The van der Waals surface area contributed by atoms with Crippen LogP contribution in [0.25, 0.3) is 0 Å². The highest BCUT2D eigenvalue weighted by Crippen LogP contribution is 2.17. The number of aromatic nitrogens is 1. The first-order valence-electron chi connectivity index (χ1n) is 6.65. The quantitative estimate of drug-likeness (QED) is 0.696. The lowest BCUT2D eigenvalue weighted by Crippen LogP contribution is -2.18. The molecule has 0 radical (unpaired) electrons. The predicted molar refractivity (Wildman–Crippen MR) is 73.7 cm³/mol. The Balaban J connectivity index is 2.46. The molecule has 0 spiro atoms. The van der Waals surface area contributed by atoms with Crippen LogP contribution in [0.3, 0.4) is 0 Å². The number of hydrogen-bond acceptors (Lipinski definition) is 4. The molecule has 0 aromatic carbocycles. The second-order valence-electron chi connectivity index (χ2n) is 4.57. The van der Waals surface area contributed by atoms with Gasteiger partial charge in [0, 0.05) is 20.2 Å². The molecule has 0 amide bonds. The maximum absolute atomic E-state index is 9.66. The average Bonchev–Trinajstić information content (AvgIpc) is 2.42. The lowest BCUT2D eigenvalue weighted by molar-refractivity contribution is 0.169. The molecule has 0 fully saturated rings. The van der Waals surface area contributed by atoms with Crippen LogP contribution in [0.2, 0.25) is 0 Å². The first-order chi connectivity index (χ1) is 8.69. The molecule has 0 saturated heterocycles. The molecule has 1 aromatic heterocycles. The van der Waals surface area contributed by atoms with Gasteiger partial charge in [-0.05, 0) is 37.8 Å². The van der Waals surface area contributed by atoms with Gasteiger partial charge in [-0.2, -0.15) is 0 Å². The van der Waals surface area contributed by atoms with Crippen LogP contribution in [0.5, 0.6) is 0 Å². The zero-order valence-corrected chi connectivity index (χ0v) is 11.3. The maximum atomic E-state index is 9.66. The Kier molecular flexibility index (Phi) is 6.68. The van der Waals surface area contributed by atoms with Crippen molar-refractivity contribution in [1.82, 2.24) is 4.98 Å². The molecule has 2 N–H and O–H groups in total. The van der Waals surface area contributed by atoms with Crippen LogP contribution < -0.4 is 4.90 Å². The predicted octanol–water partition coefficient (Wildman–Crippen LogP) is 2.12. The van der Waals surface area contributed by atoms with Gasteiger partial charge in [-0.15, -0.1) is 0 Å². The van der Waals surface area contributed by atoms with Crippen molar-refractivity contribution in [2.75, 3.05) is 25.1 Å². The second kappa shape index (κ2) is 8.06. The summed E-state index contributed by atoms with van der Waals surface area (Å²) >= 11 is 0. The van der Waals surface area contributed by atoms with E-state index in [1.807, 2.05) is 26.1 Å². The highest BCUT2D eigenvalue weighted by atomic mass is 16.3. The van der Waals surface area contributed by atoms with Gasteiger partial charge in [0.15, 0.2) is 0 Å². The van der Waals surface area contributed by atoms with Crippen molar-refractivity contribution in [1.29, 1.82) is 0 Å². The Labute approximate surface area is 109 Å². The number of hydrogen-bond donors (Lipinski definition) is 2. The lowest BCUT2D eigenvalue weighted by Gasteiger charge is -2.19. The fourth-order valence-corrected chi connectivity index (χ4v) is 1.80. The van der Waals surface area contributed by atoms with Gasteiger partial charge in [0.25, 0.3) is 0 Å². The van der Waals surface area contributed by atoms with E-state index < -0.39 is 6.10 Å². The summed E-state index contributed by atoms with van der Waals surface area (Å²) in [6, 6.07) is 3.88. The molecule has 1 heterocycles. The van der Waals surface area contributed by atoms with Crippen LogP contribution in [0.15, 0.2) is 18.3 Å². The molecule has 0 aliphatic heterocycles. The molecule has 1 aromatic rings. The van der Waals surface area contributed by atoms with E-state index in [0.29, 0.717) is 6.42 Å². The molecule has 0 unspecified atom stereocenters. The van der Waals surface area contributed by atoms with Crippen LogP contribution in [-0.4, -0.2) is 35.4 Å². The van der Waals surface area contributed by atoms with Crippen molar-refractivity contribution in [3.8, 4) is 0 Å². The topological polar surface area (TPSA) is 56.6 Å². The molecule has 0 bridgehead atoms. The van der Waals surface area contributed by atoms with Crippen molar-refractivity contribution < 1.29 is 10.2 Å². The van der Waals surface area contributed by atoms with E-state index in [4.69, 9.17) is 5.11 Å². The third-order valence-corrected chi connectivity index (χ3v) is 3.09. The third-order valence-electron chi connectivity index (χ3n) is 3.09. The van der Waals surface area contributed by atoms with Crippen molar-refractivity contribution in [3.05, 3.63) is 24.0 Å². The highest BCUT2D eigenvalue weighted by molar-refractivity contribution is 5.43. The first kappa shape index (κ1) is 14.9. The number of unbranched alkanes of at least 4 members (excludes halogenated alkanes) is 2. The molecule has 18 heavy (non-hydrogen) atoms. The summed E-state index contributed by atoms with van der Waals surface area (Å²) in [5.74, 6) is 0. The summed E-state index contributed by atoms with van der Waals surface area (Å²) < 4.78 is 0. The SMILES string of the molecule is CC[C@H](O)c1ccc(N(C)CCCCCO)cn1. The summed E-state index contributed by atoms with van der Waals surface area (Å²) in [4.78, 5) is 6.43. The van der Waals surface area contributed by atoms with Crippen molar-refractivity contribution >= 4 is 5.69 Å². The number of aliphatic hydroxyl groups is 2. The number of aliphatic hydroxyl groups excluding tert-OH is 2. The molecule has 0 aliphatic rings. The molecule has 4 heteroatoms. The normalized spacial score (nSPS) is 12.4. The van der Waals surface area contributed by atoms with Crippen molar-refractivity contribution in [2.24, 2.45) is 0 Å². The Bertz CT molecular complexity index is 327. The molecule has 4 nitrogen and oxygen atoms in total. The fourth-order valence-electron chi connectivity index (χ4n) is 1.80. The number of nitrogens with zero attached hydrogens (tertiary/aromatic N) is 2. The molecule has 1 rings (SSSR count). The van der Waals surface area contributed by atoms with Crippen LogP contribution in [-0.2, 0) is 0 Å². The summed E-state index contributed by atoms with van der Waals surface area (Å²) in [7, 11) is 2.03. The zero-order valence-electron chi connectivity index (χ0n) is 11.3. The Morgan fingerprint density at radius 1 is 1.28 bits per heavy atom. The minimum atomic E-state index is -0.464. The maximum Gasteiger partial charge on any atom is 0.0957 e. The standard InChI is InChI=1S/C14H24N2O2/c1-3-14(18)13-8-7-12(11-15-13)16(2)9-5-4-6-10-17/h7-8,11,14,17-18H,3-6,9-10H2,1-2H3/t14-/m0/s1. The van der Waals surface area contributed by atoms with E-state index in [1.165, 1.54) is 0 Å². The molecule has 1 atom stereocenters. The fraction of sp³-hybridized carbons (Fsp3) is 0.643. The van der Waals surface area contributed by atoms with Gasteiger partial charge < -0.3 is 15.1 Å². The van der Waals surface area contributed by atoms with E-state index >= 15 is 0 Å². The van der Waals surface area contributed by atoms with Gasteiger partial charge in [-0.1, -0.05) is 6.92 Å². The van der Waals surface area contributed by atoms with Gasteiger partial charge in [-0.25, -0.2) is 0 Å². The minimum absolute atomic E-state index is 0.273. The van der Waals surface area contributed by atoms with Crippen LogP contribution in [0.4, 0.5) is 5.69 Å². The number of anilines is 1. The van der Waals surface area contributed by atoms with Crippen molar-refractivity contribution in [2.45, 2.75) is 38.7 Å². The summed E-state index contributed by atoms with van der Waals surface area (Å²) in [6.07, 6.45) is 5.00. The second-order valence-corrected chi connectivity index (χ2v) is 4.57. The Morgan fingerprint density at radius 3 is 2.61 bits per heavy atom. The monoisotopic (exact) mass is 252 g/mol. The summed E-state index contributed by atoms with van der Waals surface area (Å²) in [5.41, 5.74) is 1.79. The van der Waals surface area contributed by atoms with E-state index in [0.717, 1.165) is 37.2 Å². The van der Waals surface area contributed by atoms with Gasteiger partial charge >= 0.3 is 0 Å². The van der Waals surface area contributed by atoms with Gasteiger partial charge in [-0.3, -0.25) is 4.98 Å². The van der Waals surface area contributed by atoms with Crippen LogP contribution in [0.1, 0.15) is 44.4 Å². The summed E-state index contributed by atoms with van der Waals surface area (Å²) in [5, 5.41) is 18.4. The molecular weight excluding hydrogens is 228 g/mol. The highest BCUT2D eigenvalue weighted by Gasteiger charge is 2.07. The van der Waals surface area contributed by atoms with Crippen LogP contribution in [0, 0.1) is 0 Å². The van der Waals surface area contributed by atoms with E-state index in [1.54, 1.807) is 6.20 Å². The largest absolute Gasteiger partial charge is 0.396 e. The van der Waals surface area contributed by atoms with E-state index in [2.05, 4.69) is 9.88 Å². The lowest BCUT2D eigenvalue weighted by atomic mass is 10.2. The first-order valence-corrected chi connectivity index (χ1v) is 6.65. The smallest absolute Gasteiger partial charge is 0.0957 e. The molecule has 0 saturated carbocycles. The van der Waals surface area contributed by atoms with E-state index in [-0.39, 0.29) is 6.61 Å².